The van der Waals surface area contributed by atoms with Gasteiger partial charge >= 0.3 is 0 Å². The van der Waals surface area contributed by atoms with Crippen molar-refractivity contribution in [3.8, 4) is 67.0 Å². The van der Waals surface area contributed by atoms with Gasteiger partial charge in [0.05, 0.1) is 33.4 Å². The number of hydrogen-bond donors (Lipinski definition) is 0. The quantitative estimate of drug-likeness (QED) is 0.0814. The molecule has 0 amide bonds. The summed E-state index contributed by atoms with van der Waals surface area (Å²) in [5.74, 6) is 0. The van der Waals surface area contributed by atoms with Crippen molar-refractivity contribution >= 4 is 133 Å². The molecule has 0 saturated carbocycles. The SMILES string of the molecule is CC(C)(C)c1cc2c3c(c1)N(c1c(-c4ccccc4)cccc1-c1ccccc1)c1cc(-n4c5ccc6cccc7c8cccc9ccc4c(c98)c5c67)ccc1B3c1ccc(-n3c4ccccc4c4ccccc43)cc1N2c1c(-c2ccccc2)cc(-c2ccccc2)cc1-c1ccccc1. The molecule has 5 heteroatoms. The lowest BCUT2D eigenvalue weighted by atomic mass is 9.33. The van der Waals surface area contributed by atoms with Gasteiger partial charge in [-0.25, -0.2) is 0 Å². The number of benzene rings is 17. The van der Waals surface area contributed by atoms with Crippen molar-refractivity contribution in [3.63, 3.8) is 0 Å². The molecule has 0 fully saturated rings. The fourth-order valence-electron chi connectivity index (χ4n) is 17.7. The van der Waals surface area contributed by atoms with Crippen molar-refractivity contribution in [2.45, 2.75) is 26.2 Å². The Morgan fingerprint density at radius 1 is 0.257 bits per heavy atom. The predicted molar refractivity (Wildman–Crippen MR) is 430 cm³/mol. The molecule has 19 aromatic rings. The largest absolute Gasteiger partial charge is 0.310 e. The molecule has 21 rings (SSSR count). The predicted octanol–water partition coefficient (Wildman–Crippen LogP) is 23.9. The molecule has 0 radical (unpaired) electrons. The van der Waals surface area contributed by atoms with Crippen molar-refractivity contribution in [1.29, 1.82) is 0 Å². The Hall–Kier alpha value is -12.7. The Balaban J connectivity index is 0.934. The zero-order valence-electron chi connectivity index (χ0n) is 56.2. The van der Waals surface area contributed by atoms with Crippen LogP contribution in [-0.2, 0) is 5.41 Å². The highest BCUT2D eigenvalue weighted by Gasteiger charge is 2.46. The minimum absolute atomic E-state index is 0.237. The molecule has 0 spiro atoms. The van der Waals surface area contributed by atoms with Crippen LogP contribution in [0.15, 0.2) is 340 Å². The van der Waals surface area contributed by atoms with Crippen molar-refractivity contribution < 1.29 is 0 Å². The monoisotopic (exact) mass is 1280 g/mol. The average Bonchev–Trinajstić information content (AvgIpc) is 1.67. The molecule has 0 unspecified atom stereocenters. The lowest BCUT2D eigenvalue weighted by Crippen LogP contribution is -2.61. The van der Waals surface area contributed by atoms with E-state index in [-0.39, 0.29) is 12.1 Å². The number of anilines is 6. The fourth-order valence-corrected chi connectivity index (χ4v) is 17.7. The van der Waals surface area contributed by atoms with Gasteiger partial charge in [0.25, 0.3) is 6.71 Å². The lowest BCUT2D eigenvalue weighted by Gasteiger charge is -2.46. The van der Waals surface area contributed by atoms with Crippen LogP contribution in [0.4, 0.5) is 34.1 Å². The number of rotatable bonds is 9. The maximum Gasteiger partial charge on any atom is 0.252 e. The van der Waals surface area contributed by atoms with E-state index in [9.17, 15) is 0 Å². The van der Waals surface area contributed by atoms with Crippen molar-refractivity contribution in [2.75, 3.05) is 9.80 Å². The first kappa shape index (κ1) is 57.4. The van der Waals surface area contributed by atoms with Gasteiger partial charge in [-0.3, -0.25) is 0 Å². The summed E-state index contributed by atoms with van der Waals surface area (Å²) >= 11 is 0. The van der Waals surface area contributed by atoms with Crippen molar-refractivity contribution in [1.82, 2.24) is 9.13 Å². The second-order valence-electron chi connectivity index (χ2n) is 28.7. The molecule has 4 nitrogen and oxygen atoms in total. The zero-order chi connectivity index (χ0) is 66.8. The molecular formula is C96H65BN4. The van der Waals surface area contributed by atoms with Crippen LogP contribution >= 0.6 is 0 Å². The third-order valence-corrected chi connectivity index (χ3v) is 22.1. The molecule has 4 heterocycles. The first-order valence-electron chi connectivity index (χ1n) is 35.3. The molecule has 0 N–H and O–H groups in total. The third kappa shape index (κ3) is 8.51. The number of fused-ring (bicyclic) bond motifs is 8. The summed E-state index contributed by atoms with van der Waals surface area (Å²) in [5, 5.41) is 12.9. The third-order valence-electron chi connectivity index (χ3n) is 22.1. The maximum absolute atomic E-state index is 2.71. The normalized spacial score (nSPS) is 12.8. The van der Waals surface area contributed by atoms with Crippen LogP contribution in [0.2, 0.25) is 0 Å². The Morgan fingerprint density at radius 2 is 0.634 bits per heavy atom. The van der Waals surface area contributed by atoms with Gasteiger partial charge in [-0.05, 0) is 166 Å². The highest BCUT2D eigenvalue weighted by molar-refractivity contribution is 7.00. The van der Waals surface area contributed by atoms with E-state index in [1.165, 1.54) is 97.9 Å². The summed E-state index contributed by atoms with van der Waals surface area (Å²) in [6.45, 7) is 6.95. The van der Waals surface area contributed by atoms with Crippen LogP contribution in [0, 0.1) is 0 Å². The summed E-state index contributed by atoms with van der Waals surface area (Å²) in [4.78, 5) is 5.43. The van der Waals surface area contributed by atoms with E-state index in [1.54, 1.807) is 0 Å². The smallest absolute Gasteiger partial charge is 0.252 e. The number of aromatic nitrogens is 2. The Kier molecular flexibility index (Phi) is 12.4. The van der Waals surface area contributed by atoms with E-state index in [0.29, 0.717) is 0 Å². The highest BCUT2D eigenvalue weighted by atomic mass is 15.2. The zero-order valence-corrected chi connectivity index (χ0v) is 56.2. The minimum atomic E-state index is -0.326. The van der Waals surface area contributed by atoms with Gasteiger partial charge in [-0.2, -0.15) is 0 Å². The van der Waals surface area contributed by atoms with E-state index in [0.717, 1.165) is 101 Å². The molecule has 0 aliphatic carbocycles. The summed E-state index contributed by atoms with van der Waals surface area (Å²) in [5.41, 5.74) is 29.8. The first-order valence-corrected chi connectivity index (χ1v) is 35.3. The summed E-state index contributed by atoms with van der Waals surface area (Å²) in [7, 11) is 0. The summed E-state index contributed by atoms with van der Waals surface area (Å²) < 4.78 is 5.08. The first-order chi connectivity index (χ1) is 49.8. The average molecular weight is 1290 g/mol. The number of para-hydroxylation sites is 3. The molecule has 472 valence electrons. The standard InChI is InChI=1S/C96H65BN4/c1-96(2,3)68-56-87-93-88(57-68)101(95-77(63-32-15-7-16-33-63)54-67(60-26-9-4-10-27-60)55-78(95)64-34-17-8-18-35-64)86-58-69(98-81-44-21-19-38-73(81)74-39-20-22-45-82(74)98)48-50-80(86)97(93)79-51-49-70(59-85(79)100(87)94-71(61-28-11-5-12-29-61)40-25-41-72(94)62-30-13-6-14-31-62)99-83-52-46-65-36-23-42-75-76-43-24-37-66-47-53-84(99)92(90(66)76)91(83)89(65)75/h4-59H,1-3H3. The Morgan fingerprint density at radius 3 is 1.08 bits per heavy atom. The molecule has 2 aliphatic rings. The van der Waals surface area contributed by atoms with Gasteiger partial charge in [-0.1, -0.05) is 288 Å². The van der Waals surface area contributed by atoms with Gasteiger partial charge in [-0.15, -0.1) is 0 Å². The van der Waals surface area contributed by atoms with E-state index in [1.807, 2.05) is 0 Å². The Bertz CT molecular complexity index is 6270. The van der Waals surface area contributed by atoms with Gasteiger partial charge in [0.2, 0.25) is 0 Å². The fraction of sp³-hybridized carbons (Fsp3) is 0.0417. The highest BCUT2D eigenvalue weighted by Crippen LogP contribution is 2.56. The molecule has 2 aromatic heterocycles. The van der Waals surface area contributed by atoms with E-state index in [2.05, 4.69) is 379 Å². The van der Waals surface area contributed by atoms with Crippen LogP contribution in [0.1, 0.15) is 26.3 Å². The molecule has 2 aliphatic heterocycles. The van der Waals surface area contributed by atoms with Gasteiger partial charge in [0.1, 0.15) is 0 Å². The van der Waals surface area contributed by atoms with Crippen LogP contribution in [0.25, 0.3) is 143 Å². The van der Waals surface area contributed by atoms with Gasteiger partial charge in [0, 0.05) is 77.9 Å². The molecule has 17 aromatic carbocycles. The van der Waals surface area contributed by atoms with Gasteiger partial charge in [0.15, 0.2) is 0 Å². The van der Waals surface area contributed by atoms with Gasteiger partial charge < -0.3 is 18.9 Å². The molecule has 0 saturated heterocycles. The molecule has 101 heavy (non-hydrogen) atoms. The summed E-state index contributed by atoms with van der Waals surface area (Å²) in [6, 6.07) is 128. The van der Waals surface area contributed by atoms with E-state index < -0.39 is 0 Å². The minimum Gasteiger partial charge on any atom is -0.310 e. The van der Waals surface area contributed by atoms with Crippen molar-refractivity contribution in [2.24, 2.45) is 0 Å². The molecular weight excluding hydrogens is 1220 g/mol. The number of hydrogen-bond acceptors (Lipinski definition) is 2. The molecule has 0 atom stereocenters. The van der Waals surface area contributed by atoms with Crippen LogP contribution < -0.4 is 26.2 Å². The molecule has 0 bridgehead atoms. The maximum atomic E-state index is 2.71. The lowest BCUT2D eigenvalue weighted by molar-refractivity contribution is 0.590. The van der Waals surface area contributed by atoms with E-state index >= 15 is 0 Å². The second kappa shape index (κ2) is 21.9. The number of nitrogens with zero attached hydrogens (tertiary/aromatic N) is 4. The topological polar surface area (TPSA) is 16.3 Å². The van der Waals surface area contributed by atoms with E-state index in [4.69, 9.17) is 0 Å². The van der Waals surface area contributed by atoms with Crippen LogP contribution in [0.5, 0.6) is 0 Å². The van der Waals surface area contributed by atoms with Crippen LogP contribution in [-0.4, -0.2) is 15.8 Å². The summed E-state index contributed by atoms with van der Waals surface area (Å²) in [6.07, 6.45) is 0. The van der Waals surface area contributed by atoms with Crippen LogP contribution in [0.3, 0.4) is 0 Å². The Labute approximate surface area is 586 Å². The van der Waals surface area contributed by atoms with Crippen molar-refractivity contribution in [3.05, 3.63) is 345 Å². The second-order valence-corrected chi connectivity index (χ2v) is 28.7.